The molecule has 0 aliphatic carbocycles. The number of hydrogen-bond acceptors (Lipinski definition) is 4. The minimum Gasteiger partial charge on any atom is -0.258 e. The molecule has 3 nitrogen and oxygen atoms in total. The Kier molecular flexibility index (Phi) is 5.57. The topological polar surface area (TPSA) is 43.1 Å². The van der Waals surface area contributed by atoms with E-state index in [9.17, 15) is 10.1 Å². The van der Waals surface area contributed by atoms with Crippen LogP contribution < -0.4 is 0 Å². The van der Waals surface area contributed by atoms with E-state index in [1.54, 1.807) is 23.9 Å². The number of thioether (sulfide) groups is 1. The van der Waals surface area contributed by atoms with Gasteiger partial charge in [0.05, 0.1) is 4.92 Å². The summed E-state index contributed by atoms with van der Waals surface area (Å²) in [7, 11) is 0. The normalized spacial score (nSPS) is 10.2. The SMILES string of the molecule is O=[N+]([O-])c1ccccc1CSCCCS. The summed E-state index contributed by atoms with van der Waals surface area (Å²) < 4.78 is 0. The highest BCUT2D eigenvalue weighted by molar-refractivity contribution is 7.98. The van der Waals surface area contributed by atoms with Crippen molar-refractivity contribution in [2.75, 3.05) is 11.5 Å². The number of benzene rings is 1. The number of thiol groups is 1. The average Bonchev–Trinajstić information content (AvgIpc) is 2.25. The van der Waals surface area contributed by atoms with Gasteiger partial charge in [-0.3, -0.25) is 10.1 Å². The van der Waals surface area contributed by atoms with E-state index >= 15 is 0 Å². The van der Waals surface area contributed by atoms with Gasteiger partial charge in [0.15, 0.2) is 0 Å². The van der Waals surface area contributed by atoms with E-state index in [2.05, 4.69) is 12.6 Å². The monoisotopic (exact) mass is 243 g/mol. The lowest BCUT2D eigenvalue weighted by Crippen LogP contribution is -1.94. The van der Waals surface area contributed by atoms with Crippen molar-refractivity contribution in [3.63, 3.8) is 0 Å². The van der Waals surface area contributed by atoms with E-state index < -0.39 is 0 Å². The summed E-state index contributed by atoms with van der Waals surface area (Å²) in [5, 5.41) is 10.7. The van der Waals surface area contributed by atoms with Gasteiger partial charge in [0, 0.05) is 17.4 Å². The zero-order valence-corrected chi connectivity index (χ0v) is 9.97. The Morgan fingerprint density at radius 2 is 2.13 bits per heavy atom. The smallest absolute Gasteiger partial charge is 0.258 e. The Bertz CT molecular complexity index is 331. The number of hydrogen-bond donors (Lipinski definition) is 1. The molecule has 0 aliphatic rings. The number of nitrogens with zero attached hydrogens (tertiary/aromatic N) is 1. The molecule has 0 bridgehead atoms. The van der Waals surface area contributed by atoms with Crippen LogP contribution in [-0.4, -0.2) is 16.4 Å². The lowest BCUT2D eigenvalue weighted by molar-refractivity contribution is -0.385. The van der Waals surface area contributed by atoms with Gasteiger partial charge in [-0.15, -0.1) is 0 Å². The highest BCUT2D eigenvalue weighted by atomic mass is 32.2. The first-order valence-electron chi connectivity index (χ1n) is 4.66. The van der Waals surface area contributed by atoms with Gasteiger partial charge in [0.2, 0.25) is 0 Å². The summed E-state index contributed by atoms with van der Waals surface area (Å²) in [6, 6.07) is 6.89. The third-order valence-electron chi connectivity index (χ3n) is 1.89. The fourth-order valence-electron chi connectivity index (χ4n) is 1.16. The van der Waals surface area contributed by atoms with Crippen LogP contribution in [0, 0.1) is 10.1 Å². The predicted molar refractivity (Wildman–Crippen MR) is 67.7 cm³/mol. The molecule has 0 heterocycles. The number of nitro benzene ring substituents is 1. The highest BCUT2D eigenvalue weighted by Crippen LogP contribution is 2.22. The second kappa shape index (κ2) is 6.74. The number of rotatable bonds is 6. The first kappa shape index (κ1) is 12.4. The first-order valence-corrected chi connectivity index (χ1v) is 6.45. The molecule has 0 radical (unpaired) electrons. The van der Waals surface area contributed by atoms with Crippen molar-refractivity contribution in [3.8, 4) is 0 Å². The van der Waals surface area contributed by atoms with Crippen LogP contribution in [0.1, 0.15) is 12.0 Å². The molecule has 82 valence electrons. The zero-order valence-electron chi connectivity index (χ0n) is 8.26. The molecule has 0 fully saturated rings. The largest absolute Gasteiger partial charge is 0.273 e. The Balaban J connectivity index is 2.56. The molecule has 0 saturated carbocycles. The summed E-state index contributed by atoms with van der Waals surface area (Å²) in [4.78, 5) is 10.4. The highest BCUT2D eigenvalue weighted by Gasteiger charge is 2.11. The lowest BCUT2D eigenvalue weighted by Gasteiger charge is -2.01. The van der Waals surface area contributed by atoms with E-state index in [0.717, 1.165) is 23.5 Å². The average molecular weight is 243 g/mol. The maximum atomic E-state index is 10.7. The predicted octanol–water partition coefficient (Wildman–Crippen LogP) is 3.15. The van der Waals surface area contributed by atoms with Crippen LogP contribution in [0.3, 0.4) is 0 Å². The van der Waals surface area contributed by atoms with Crippen molar-refractivity contribution >= 4 is 30.1 Å². The third kappa shape index (κ3) is 4.13. The maximum absolute atomic E-state index is 10.7. The van der Waals surface area contributed by atoms with Gasteiger partial charge in [0.1, 0.15) is 0 Å². The molecule has 0 N–H and O–H groups in total. The van der Waals surface area contributed by atoms with Crippen molar-refractivity contribution in [2.45, 2.75) is 12.2 Å². The van der Waals surface area contributed by atoms with Crippen molar-refractivity contribution in [3.05, 3.63) is 39.9 Å². The van der Waals surface area contributed by atoms with Gasteiger partial charge < -0.3 is 0 Å². The maximum Gasteiger partial charge on any atom is 0.273 e. The molecule has 0 saturated heterocycles. The molecule has 0 spiro atoms. The Hall–Kier alpha value is -0.680. The fourth-order valence-corrected chi connectivity index (χ4v) is 2.49. The zero-order chi connectivity index (χ0) is 11.1. The summed E-state index contributed by atoms with van der Waals surface area (Å²) in [6.07, 6.45) is 1.04. The standard InChI is InChI=1S/C10H13NO2S2/c12-11(13)10-5-2-1-4-9(10)8-15-7-3-6-14/h1-2,4-5,14H,3,6-8H2. The van der Waals surface area contributed by atoms with E-state index in [1.165, 1.54) is 0 Å². The summed E-state index contributed by atoms with van der Waals surface area (Å²) in [5.41, 5.74) is 1.02. The van der Waals surface area contributed by atoms with Gasteiger partial charge in [0.25, 0.3) is 5.69 Å². The molecule has 0 aromatic heterocycles. The Labute approximate surface area is 98.8 Å². The lowest BCUT2D eigenvalue weighted by atomic mass is 10.2. The minimum atomic E-state index is -0.325. The molecule has 0 atom stereocenters. The summed E-state index contributed by atoms with van der Waals surface area (Å²) in [6.45, 7) is 0. The first-order chi connectivity index (χ1) is 7.25. The number of nitro groups is 1. The van der Waals surface area contributed by atoms with Crippen LogP contribution in [0.2, 0.25) is 0 Å². The van der Waals surface area contributed by atoms with Crippen molar-refractivity contribution in [2.24, 2.45) is 0 Å². The van der Waals surface area contributed by atoms with Crippen LogP contribution in [-0.2, 0) is 5.75 Å². The Morgan fingerprint density at radius 1 is 1.40 bits per heavy atom. The van der Waals surface area contributed by atoms with Crippen molar-refractivity contribution in [1.29, 1.82) is 0 Å². The molecule has 0 amide bonds. The van der Waals surface area contributed by atoms with Crippen molar-refractivity contribution < 1.29 is 4.92 Å². The molecular formula is C10H13NO2S2. The van der Waals surface area contributed by atoms with Gasteiger partial charge in [-0.2, -0.15) is 24.4 Å². The van der Waals surface area contributed by atoms with Gasteiger partial charge in [-0.25, -0.2) is 0 Å². The second-order valence-electron chi connectivity index (χ2n) is 3.02. The van der Waals surface area contributed by atoms with E-state index in [-0.39, 0.29) is 10.6 Å². The fraction of sp³-hybridized carbons (Fsp3) is 0.400. The quantitative estimate of drug-likeness (QED) is 0.361. The van der Waals surface area contributed by atoms with Crippen LogP contribution >= 0.6 is 24.4 Å². The summed E-state index contributed by atoms with van der Waals surface area (Å²) in [5.74, 6) is 2.56. The molecule has 0 unspecified atom stereocenters. The van der Waals surface area contributed by atoms with Crippen LogP contribution in [0.4, 0.5) is 5.69 Å². The minimum absolute atomic E-state index is 0.218. The third-order valence-corrected chi connectivity index (χ3v) is 3.30. The molecule has 0 aliphatic heterocycles. The van der Waals surface area contributed by atoms with Gasteiger partial charge in [-0.1, -0.05) is 18.2 Å². The van der Waals surface area contributed by atoms with E-state index in [1.807, 2.05) is 12.1 Å². The van der Waals surface area contributed by atoms with Gasteiger partial charge in [-0.05, 0) is 17.9 Å². The van der Waals surface area contributed by atoms with E-state index in [0.29, 0.717) is 5.75 Å². The van der Waals surface area contributed by atoms with Crippen LogP contribution in [0.25, 0.3) is 0 Å². The molecule has 1 aromatic carbocycles. The molecule has 1 aromatic rings. The molecule has 15 heavy (non-hydrogen) atoms. The Morgan fingerprint density at radius 3 is 2.80 bits per heavy atom. The molecular weight excluding hydrogens is 230 g/mol. The number of para-hydroxylation sites is 1. The van der Waals surface area contributed by atoms with E-state index in [4.69, 9.17) is 0 Å². The molecule has 5 heteroatoms. The molecule has 1 rings (SSSR count). The van der Waals surface area contributed by atoms with Crippen LogP contribution in [0.5, 0.6) is 0 Å². The summed E-state index contributed by atoms with van der Waals surface area (Å²) >= 11 is 5.82. The van der Waals surface area contributed by atoms with Crippen molar-refractivity contribution in [1.82, 2.24) is 0 Å². The van der Waals surface area contributed by atoms with Gasteiger partial charge >= 0.3 is 0 Å². The second-order valence-corrected chi connectivity index (χ2v) is 4.57. The van der Waals surface area contributed by atoms with Crippen LogP contribution in [0.15, 0.2) is 24.3 Å².